The third kappa shape index (κ3) is 4.38. The Hall–Kier alpha value is -1.73. The first-order valence-corrected chi connectivity index (χ1v) is 9.40. The standard InChI is InChI=1S/C15H16FNO3S2/c1-2-22(19,20)11-15(18)17(10-14-4-3-9-21-14)13-7-5-12(16)6-8-13/h3-9H,2,10-11H2,1H3. The summed E-state index contributed by atoms with van der Waals surface area (Å²) in [6.07, 6.45) is 0. The second-order valence-corrected chi connectivity index (χ2v) is 8.10. The summed E-state index contributed by atoms with van der Waals surface area (Å²) < 4.78 is 36.5. The van der Waals surface area contributed by atoms with E-state index in [0.717, 1.165) is 4.88 Å². The molecule has 0 atom stereocenters. The molecule has 0 fully saturated rings. The van der Waals surface area contributed by atoms with Crippen LogP contribution in [0.5, 0.6) is 0 Å². The Morgan fingerprint density at radius 2 is 1.91 bits per heavy atom. The van der Waals surface area contributed by atoms with E-state index in [2.05, 4.69) is 0 Å². The van der Waals surface area contributed by atoms with Crippen molar-refractivity contribution in [2.75, 3.05) is 16.4 Å². The Labute approximate surface area is 133 Å². The maximum absolute atomic E-state index is 13.1. The van der Waals surface area contributed by atoms with Crippen LogP contribution < -0.4 is 4.90 Å². The Morgan fingerprint density at radius 3 is 2.45 bits per heavy atom. The highest BCUT2D eigenvalue weighted by atomic mass is 32.2. The van der Waals surface area contributed by atoms with Crippen molar-refractivity contribution in [3.63, 3.8) is 0 Å². The van der Waals surface area contributed by atoms with Gasteiger partial charge in [-0.05, 0) is 35.7 Å². The average molecular weight is 341 g/mol. The van der Waals surface area contributed by atoms with Crippen molar-refractivity contribution in [3.8, 4) is 0 Å². The Morgan fingerprint density at radius 1 is 1.23 bits per heavy atom. The lowest BCUT2D eigenvalue weighted by atomic mass is 10.2. The minimum atomic E-state index is -3.42. The summed E-state index contributed by atoms with van der Waals surface area (Å²) >= 11 is 1.47. The zero-order valence-electron chi connectivity index (χ0n) is 12.0. The summed E-state index contributed by atoms with van der Waals surface area (Å²) in [5.74, 6) is -1.56. The van der Waals surface area contributed by atoms with Crippen LogP contribution in [0.1, 0.15) is 11.8 Å². The zero-order chi connectivity index (χ0) is 16.2. The van der Waals surface area contributed by atoms with E-state index < -0.39 is 27.3 Å². The Kier molecular flexibility index (Phi) is 5.31. The molecule has 0 bridgehead atoms. The molecule has 7 heteroatoms. The molecule has 2 aromatic rings. The summed E-state index contributed by atoms with van der Waals surface area (Å²) in [6.45, 7) is 1.77. The summed E-state index contributed by atoms with van der Waals surface area (Å²) in [4.78, 5) is 14.7. The van der Waals surface area contributed by atoms with Gasteiger partial charge in [-0.1, -0.05) is 13.0 Å². The maximum Gasteiger partial charge on any atom is 0.242 e. The highest BCUT2D eigenvalue weighted by Crippen LogP contribution is 2.21. The monoisotopic (exact) mass is 341 g/mol. The molecule has 1 amide bonds. The van der Waals surface area contributed by atoms with Crippen LogP contribution in [0.15, 0.2) is 41.8 Å². The number of carbonyl (C=O) groups is 1. The lowest BCUT2D eigenvalue weighted by Crippen LogP contribution is -2.35. The molecule has 0 saturated heterocycles. The molecule has 1 aromatic heterocycles. The van der Waals surface area contributed by atoms with Crippen LogP contribution in [0.25, 0.3) is 0 Å². The van der Waals surface area contributed by atoms with Crippen LogP contribution in [0, 0.1) is 5.82 Å². The van der Waals surface area contributed by atoms with Gasteiger partial charge in [0.2, 0.25) is 5.91 Å². The Bertz CT molecular complexity index is 725. The van der Waals surface area contributed by atoms with Crippen LogP contribution in [-0.4, -0.2) is 25.8 Å². The molecule has 2 rings (SSSR count). The van der Waals surface area contributed by atoms with Gasteiger partial charge >= 0.3 is 0 Å². The summed E-state index contributed by atoms with van der Waals surface area (Å²) in [5.41, 5.74) is 0.478. The van der Waals surface area contributed by atoms with Crippen molar-refractivity contribution in [2.24, 2.45) is 0 Å². The molecule has 0 radical (unpaired) electrons. The number of hydrogen-bond acceptors (Lipinski definition) is 4. The molecule has 4 nitrogen and oxygen atoms in total. The second-order valence-electron chi connectivity index (χ2n) is 4.71. The molecule has 0 aliphatic rings. The van der Waals surface area contributed by atoms with Gasteiger partial charge in [0, 0.05) is 16.3 Å². The molecule has 22 heavy (non-hydrogen) atoms. The summed E-state index contributed by atoms with van der Waals surface area (Å²) in [7, 11) is -3.42. The number of halogens is 1. The average Bonchev–Trinajstić information content (AvgIpc) is 2.98. The van der Waals surface area contributed by atoms with E-state index in [4.69, 9.17) is 0 Å². The number of carbonyl (C=O) groups excluding carboxylic acids is 1. The topological polar surface area (TPSA) is 54.5 Å². The highest BCUT2D eigenvalue weighted by Gasteiger charge is 2.22. The van der Waals surface area contributed by atoms with E-state index in [-0.39, 0.29) is 12.3 Å². The Balaban J connectivity index is 2.28. The number of benzene rings is 1. The normalized spacial score (nSPS) is 11.4. The lowest BCUT2D eigenvalue weighted by Gasteiger charge is -2.22. The van der Waals surface area contributed by atoms with E-state index >= 15 is 0 Å². The van der Waals surface area contributed by atoms with Gasteiger partial charge in [-0.15, -0.1) is 11.3 Å². The van der Waals surface area contributed by atoms with Gasteiger partial charge in [-0.25, -0.2) is 12.8 Å². The quantitative estimate of drug-likeness (QED) is 0.812. The van der Waals surface area contributed by atoms with Crippen molar-refractivity contribution >= 4 is 32.8 Å². The van der Waals surface area contributed by atoms with E-state index in [0.29, 0.717) is 5.69 Å². The number of rotatable bonds is 6. The molecule has 1 aromatic carbocycles. The third-order valence-corrected chi connectivity index (χ3v) is 5.54. The molecule has 0 N–H and O–H groups in total. The van der Waals surface area contributed by atoms with E-state index in [9.17, 15) is 17.6 Å². The largest absolute Gasteiger partial charge is 0.306 e. The van der Waals surface area contributed by atoms with E-state index in [1.54, 1.807) is 0 Å². The van der Waals surface area contributed by atoms with Crippen molar-refractivity contribution in [3.05, 3.63) is 52.5 Å². The van der Waals surface area contributed by atoms with Gasteiger partial charge in [0.15, 0.2) is 9.84 Å². The van der Waals surface area contributed by atoms with Gasteiger partial charge in [0.1, 0.15) is 11.6 Å². The lowest BCUT2D eigenvalue weighted by molar-refractivity contribution is -0.116. The van der Waals surface area contributed by atoms with Gasteiger partial charge < -0.3 is 4.90 Å². The van der Waals surface area contributed by atoms with Crippen LogP contribution in [0.3, 0.4) is 0 Å². The van der Waals surface area contributed by atoms with E-state index in [1.807, 2.05) is 17.5 Å². The van der Waals surface area contributed by atoms with Crippen LogP contribution >= 0.6 is 11.3 Å². The number of hydrogen-bond donors (Lipinski definition) is 0. The number of thiophene rings is 1. The molecule has 0 unspecified atom stereocenters. The SMILES string of the molecule is CCS(=O)(=O)CC(=O)N(Cc1cccs1)c1ccc(F)cc1. The van der Waals surface area contributed by atoms with Crippen LogP contribution in [-0.2, 0) is 21.2 Å². The predicted molar refractivity (Wildman–Crippen MR) is 86.2 cm³/mol. The second kappa shape index (κ2) is 7.02. The molecule has 0 saturated carbocycles. The van der Waals surface area contributed by atoms with Crippen molar-refractivity contribution in [1.82, 2.24) is 0 Å². The predicted octanol–water partition coefficient (Wildman–Crippen LogP) is 2.86. The minimum absolute atomic E-state index is 0.0883. The fraction of sp³-hybridized carbons (Fsp3) is 0.267. The number of sulfone groups is 1. The van der Waals surface area contributed by atoms with Gasteiger partial charge in [-0.2, -0.15) is 0 Å². The number of anilines is 1. The maximum atomic E-state index is 13.1. The molecular formula is C15H16FNO3S2. The van der Waals surface area contributed by atoms with Crippen molar-refractivity contribution in [1.29, 1.82) is 0 Å². The first kappa shape index (κ1) is 16.6. The van der Waals surface area contributed by atoms with Crippen molar-refractivity contribution < 1.29 is 17.6 Å². The minimum Gasteiger partial charge on any atom is -0.306 e. The summed E-state index contributed by atoms with van der Waals surface area (Å²) in [6, 6.07) is 9.16. The zero-order valence-corrected chi connectivity index (χ0v) is 13.7. The van der Waals surface area contributed by atoms with Gasteiger partial charge in [0.25, 0.3) is 0 Å². The van der Waals surface area contributed by atoms with Crippen LogP contribution in [0.4, 0.5) is 10.1 Å². The fourth-order valence-electron chi connectivity index (χ4n) is 1.87. The van der Waals surface area contributed by atoms with Gasteiger partial charge in [0.05, 0.1) is 6.54 Å². The van der Waals surface area contributed by atoms with Crippen molar-refractivity contribution in [2.45, 2.75) is 13.5 Å². The number of nitrogens with zero attached hydrogens (tertiary/aromatic N) is 1. The van der Waals surface area contributed by atoms with Gasteiger partial charge in [-0.3, -0.25) is 4.79 Å². The fourth-order valence-corrected chi connectivity index (χ4v) is 3.30. The molecule has 1 heterocycles. The first-order valence-electron chi connectivity index (χ1n) is 6.70. The molecule has 0 aliphatic carbocycles. The van der Waals surface area contributed by atoms with E-state index in [1.165, 1.54) is 47.4 Å². The molecule has 0 aliphatic heterocycles. The summed E-state index contributed by atoms with van der Waals surface area (Å²) in [5, 5.41) is 1.88. The third-order valence-electron chi connectivity index (χ3n) is 3.12. The molecular weight excluding hydrogens is 325 g/mol. The highest BCUT2D eigenvalue weighted by molar-refractivity contribution is 7.92. The first-order chi connectivity index (χ1) is 10.4. The smallest absolute Gasteiger partial charge is 0.242 e. The molecule has 118 valence electrons. The molecule has 0 spiro atoms. The number of amides is 1. The van der Waals surface area contributed by atoms with Crippen LogP contribution in [0.2, 0.25) is 0 Å².